The predicted octanol–water partition coefficient (Wildman–Crippen LogP) is 5.05. The van der Waals surface area contributed by atoms with Crippen LogP contribution in [0.15, 0.2) is 48.5 Å². The maximum absolute atomic E-state index is 14.1. The highest BCUT2D eigenvalue weighted by atomic mass is 16.7. The number of carbonyl (C=O) groups excluding carboxylic acids is 2. The van der Waals surface area contributed by atoms with E-state index in [-0.39, 0.29) is 11.7 Å². The molecule has 0 bridgehead atoms. The van der Waals surface area contributed by atoms with Crippen molar-refractivity contribution < 1.29 is 23.8 Å². The number of benzene rings is 2. The molecule has 38 heavy (non-hydrogen) atoms. The summed E-state index contributed by atoms with van der Waals surface area (Å²) in [5, 5.41) is 0.942. The van der Waals surface area contributed by atoms with Crippen LogP contribution in [-0.4, -0.2) is 64.7 Å². The number of fused-ring (bicyclic) bond motifs is 2. The molecule has 1 saturated carbocycles. The van der Waals surface area contributed by atoms with Gasteiger partial charge in [-0.05, 0) is 56.5 Å². The van der Waals surface area contributed by atoms with Gasteiger partial charge in [0.1, 0.15) is 5.69 Å². The van der Waals surface area contributed by atoms with E-state index in [0.717, 1.165) is 30.3 Å². The average Bonchev–Trinajstić information content (AvgIpc) is 3.46. The fourth-order valence-corrected chi connectivity index (χ4v) is 5.76. The summed E-state index contributed by atoms with van der Waals surface area (Å²) in [7, 11) is 1.52. The number of likely N-dealkylation sites (tertiary alicyclic amines) is 1. The summed E-state index contributed by atoms with van der Waals surface area (Å²) in [5.41, 5.74) is 1.28. The Labute approximate surface area is 222 Å². The predicted molar refractivity (Wildman–Crippen MR) is 143 cm³/mol. The number of ether oxygens (including phenoxy) is 3. The zero-order chi connectivity index (χ0) is 26.4. The first-order chi connectivity index (χ1) is 18.3. The van der Waals surface area contributed by atoms with Gasteiger partial charge in [-0.3, -0.25) is 19.4 Å². The monoisotopic (exact) mass is 515 g/mol. The van der Waals surface area contributed by atoms with Gasteiger partial charge in [-0.25, -0.2) is 4.98 Å². The van der Waals surface area contributed by atoms with Crippen LogP contribution in [0.3, 0.4) is 0 Å². The first-order valence-corrected chi connectivity index (χ1v) is 13.4. The van der Waals surface area contributed by atoms with Gasteiger partial charge < -0.3 is 14.2 Å². The van der Waals surface area contributed by atoms with Crippen LogP contribution in [0.5, 0.6) is 17.2 Å². The van der Waals surface area contributed by atoms with Gasteiger partial charge >= 0.3 is 0 Å². The molecule has 1 saturated heterocycles. The smallest absolute Gasteiger partial charge is 0.279 e. The van der Waals surface area contributed by atoms with Crippen molar-refractivity contribution in [2.45, 2.75) is 63.8 Å². The molecule has 8 nitrogen and oxygen atoms in total. The Morgan fingerprint density at radius 2 is 1.87 bits per heavy atom. The molecule has 1 atom stereocenters. The lowest BCUT2D eigenvalue weighted by molar-refractivity contribution is -0.0439. The third-order valence-corrected chi connectivity index (χ3v) is 7.86. The minimum absolute atomic E-state index is 0.128. The van der Waals surface area contributed by atoms with Gasteiger partial charge in [0.15, 0.2) is 11.5 Å². The van der Waals surface area contributed by atoms with Gasteiger partial charge in [-0.2, -0.15) is 0 Å². The fourth-order valence-electron chi connectivity index (χ4n) is 5.76. The van der Waals surface area contributed by atoms with Crippen LogP contribution in [0.1, 0.15) is 66.8 Å². The molecule has 6 rings (SSSR count). The van der Waals surface area contributed by atoms with Crippen LogP contribution in [0.2, 0.25) is 0 Å². The Bertz CT molecular complexity index is 1400. The maximum atomic E-state index is 14.1. The number of hydrogen-bond acceptors (Lipinski definition) is 7. The zero-order valence-electron chi connectivity index (χ0n) is 22.1. The summed E-state index contributed by atoms with van der Waals surface area (Å²) in [5.74, 6) is -0.418. The van der Waals surface area contributed by atoms with Gasteiger partial charge in [0.2, 0.25) is 11.5 Å². The number of hydrogen-bond donors (Lipinski definition) is 0. The molecule has 3 aliphatic rings. The van der Waals surface area contributed by atoms with Gasteiger partial charge in [0.05, 0.1) is 12.6 Å². The minimum atomic E-state index is -0.880. The number of carbonyl (C=O) groups is 2. The van der Waals surface area contributed by atoms with Crippen molar-refractivity contribution in [2.75, 3.05) is 20.2 Å². The molecular formula is C30H33N3O5. The molecular weight excluding hydrogens is 482 g/mol. The number of imide groups is 1. The standard InChI is InChI=1S/C30H33N3O5/c1-30(2)37-26-17-20(16-25(36-3)27(26)38-30)28(34)33(18-22-11-7-15-32(22)21-9-6-10-21)29(35)24-14-13-19-8-4-5-12-23(19)31-24/h4-5,8,12-14,16-17,21-22H,6-7,9-11,15,18H2,1-3H3/t22-/m0/s1. The van der Waals surface area contributed by atoms with Crippen LogP contribution in [0.25, 0.3) is 10.9 Å². The Kier molecular flexibility index (Phi) is 6.22. The SMILES string of the molecule is COc1cc(C(=O)N(C[C@@H]2CCCN2C2CCC2)C(=O)c2ccc3ccccc3n2)cc2c1OC(C)(C)O2. The molecule has 0 unspecified atom stereocenters. The largest absolute Gasteiger partial charge is 0.493 e. The van der Waals surface area contributed by atoms with Gasteiger partial charge in [0.25, 0.3) is 11.8 Å². The maximum Gasteiger partial charge on any atom is 0.279 e. The Morgan fingerprint density at radius 1 is 1.05 bits per heavy atom. The summed E-state index contributed by atoms with van der Waals surface area (Å²) < 4.78 is 17.3. The van der Waals surface area contributed by atoms with Crippen molar-refractivity contribution in [1.29, 1.82) is 0 Å². The molecule has 198 valence electrons. The lowest BCUT2D eigenvalue weighted by atomic mass is 9.91. The van der Waals surface area contributed by atoms with Crippen LogP contribution in [0, 0.1) is 0 Å². The highest BCUT2D eigenvalue weighted by Gasteiger charge is 2.39. The van der Waals surface area contributed by atoms with Gasteiger partial charge in [0, 0.05) is 43.4 Å². The molecule has 2 fully saturated rings. The molecule has 8 heteroatoms. The molecule has 0 radical (unpaired) electrons. The second kappa shape index (κ2) is 9.58. The van der Waals surface area contributed by atoms with Gasteiger partial charge in [-0.1, -0.05) is 30.7 Å². The lowest BCUT2D eigenvalue weighted by Crippen LogP contribution is -2.50. The van der Waals surface area contributed by atoms with E-state index in [4.69, 9.17) is 14.2 Å². The molecule has 1 aliphatic carbocycles. The van der Waals surface area contributed by atoms with E-state index in [0.29, 0.717) is 35.4 Å². The zero-order valence-corrected chi connectivity index (χ0v) is 22.1. The topological polar surface area (TPSA) is 81.2 Å². The number of para-hydroxylation sites is 1. The van der Waals surface area contributed by atoms with E-state index >= 15 is 0 Å². The lowest BCUT2D eigenvalue weighted by Gasteiger charge is -2.40. The van der Waals surface area contributed by atoms with E-state index < -0.39 is 17.6 Å². The fraction of sp³-hybridized carbons (Fsp3) is 0.433. The highest BCUT2D eigenvalue weighted by Crippen LogP contribution is 2.47. The van der Waals surface area contributed by atoms with E-state index in [2.05, 4.69) is 9.88 Å². The number of aromatic nitrogens is 1. The highest BCUT2D eigenvalue weighted by molar-refractivity contribution is 6.10. The first kappa shape index (κ1) is 24.7. The second-order valence-electron chi connectivity index (χ2n) is 10.8. The minimum Gasteiger partial charge on any atom is -0.493 e. The Morgan fingerprint density at radius 3 is 2.63 bits per heavy atom. The summed E-state index contributed by atoms with van der Waals surface area (Å²) >= 11 is 0. The third kappa shape index (κ3) is 4.47. The molecule has 2 aliphatic heterocycles. The van der Waals surface area contributed by atoms with Crippen molar-refractivity contribution in [3.63, 3.8) is 0 Å². The molecule has 0 spiro atoms. The summed E-state index contributed by atoms with van der Waals surface area (Å²) in [4.78, 5) is 36.6. The molecule has 3 heterocycles. The molecule has 2 amide bonds. The van der Waals surface area contributed by atoms with Crippen LogP contribution in [-0.2, 0) is 0 Å². The number of pyridine rings is 1. The van der Waals surface area contributed by atoms with E-state index in [1.165, 1.54) is 31.3 Å². The average molecular weight is 516 g/mol. The summed E-state index contributed by atoms with van der Waals surface area (Å²) in [6.07, 6.45) is 5.62. The van der Waals surface area contributed by atoms with Crippen molar-refractivity contribution in [3.05, 3.63) is 59.8 Å². The van der Waals surface area contributed by atoms with E-state index in [1.807, 2.05) is 30.3 Å². The molecule has 3 aromatic rings. The summed E-state index contributed by atoms with van der Waals surface area (Å²) in [6.45, 7) is 4.91. The normalized spacial score (nSPS) is 20.3. The van der Waals surface area contributed by atoms with E-state index in [1.54, 1.807) is 32.0 Å². The number of nitrogens with zero attached hydrogens (tertiary/aromatic N) is 3. The van der Waals surface area contributed by atoms with E-state index in [9.17, 15) is 9.59 Å². The second-order valence-corrected chi connectivity index (χ2v) is 10.8. The third-order valence-electron chi connectivity index (χ3n) is 7.86. The van der Waals surface area contributed by atoms with Crippen molar-refractivity contribution in [3.8, 4) is 17.2 Å². The summed E-state index contributed by atoms with van der Waals surface area (Å²) in [6, 6.07) is 15.2. The van der Waals surface area contributed by atoms with Crippen LogP contribution in [0.4, 0.5) is 0 Å². The number of methoxy groups -OCH3 is 1. The molecule has 2 aromatic carbocycles. The Hall–Kier alpha value is -3.65. The molecule has 1 aromatic heterocycles. The quantitative estimate of drug-likeness (QED) is 0.425. The van der Waals surface area contributed by atoms with Gasteiger partial charge in [-0.15, -0.1) is 0 Å². The Balaban J connectivity index is 1.36. The van der Waals surface area contributed by atoms with Crippen molar-refractivity contribution in [2.24, 2.45) is 0 Å². The van der Waals surface area contributed by atoms with Crippen LogP contribution >= 0.6 is 0 Å². The first-order valence-electron chi connectivity index (χ1n) is 13.4. The van der Waals surface area contributed by atoms with Crippen LogP contribution < -0.4 is 14.2 Å². The van der Waals surface area contributed by atoms with Crippen molar-refractivity contribution >= 4 is 22.7 Å². The molecule has 0 N–H and O–H groups in total. The number of amides is 2. The van der Waals surface area contributed by atoms with Crippen molar-refractivity contribution in [1.82, 2.24) is 14.8 Å². The number of rotatable bonds is 6.